The number of anilines is 1. The highest BCUT2D eigenvalue weighted by atomic mass is 16.2. The lowest BCUT2D eigenvalue weighted by molar-refractivity contribution is -0.122. The van der Waals surface area contributed by atoms with Gasteiger partial charge in [0.15, 0.2) is 0 Å². The van der Waals surface area contributed by atoms with Crippen molar-refractivity contribution in [3.05, 3.63) is 41.9 Å². The van der Waals surface area contributed by atoms with Crippen LogP contribution in [-0.2, 0) is 11.3 Å². The van der Waals surface area contributed by atoms with Crippen molar-refractivity contribution in [3.63, 3.8) is 0 Å². The van der Waals surface area contributed by atoms with Crippen LogP contribution in [0.25, 0.3) is 0 Å². The number of nitrogens with two attached hydrogens (primary N) is 1. The van der Waals surface area contributed by atoms with Gasteiger partial charge in [0.05, 0.1) is 11.7 Å². The van der Waals surface area contributed by atoms with Crippen LogP contribution >= 0.6 is 0 Å². The van der Waals surface area contributed by atoms with E-state index in [0.29, 0.717) is 5.82 Å². The first-order valence-corrected chi connectivity index (χ1v) is 6.59. The van der Waals surface area contributed by atoms with E-state index in [1.807, 2.05) is 26.0 Å². The Morgan fingerprint density at radius 1 is 1.45 bits per heavy atom. The van der Waals surface area contributed by atoms with Crippen LogP contribution in [-0.4, -0.2) is 20.7 Å². The Labute approximate surface area is 118 Å². The molecule has 0 saturated heterocycles. The predicted molar refractivity (Wildman–Crippen MR) is 76.8 cm³/mol. The van der Waals surface area contributed by atoms with Crippen molar-refractivity contribution in [3.8, 4) is 0 Å². The van der Waals surface area contributed by atoms with Gasteiger partial charge in [-0.05, 0) is 31.0 Å². The predicted octanol–water partition coefficient (Wildman–Crippen LogP) is 1.44. The second-order valence-electron chi connectivity index (χ2n) is 4.68. The van der Waals surface area contributed by atoms with Gasteiger partial charge in [-0.3, -0.25) is 9.78 Å². The lowest BCUT2D eigenvalue weighted by Gasteiger charge is -2.17. The number of rotatable bonds is 5. The Kier molecular flexibility index (Phi) is 4.34. The van der Waals surface area contributed by atoms with Crippen LogP contribution in [0, 0.1) is 6.92 Å². The number of aromatic nitrogens is 3. The zero-order chi connectivity index (χ0) is 14.5. The van der Waals surface area contributed by atoms with E-state index in [4.69, 9.17) is 5.73 Å². The zero-order valence-electron chi connectivity index (χ0n) is 11.7. The summed E-state index contributed by atoms with van der Waals surface area (Å²) in [7, 11) is 0. The third-order valence-electron chi connectivity index (χ3n) is 3.08. The summed E-state index contributed by atoms with van der Waals surface area (Å²) in [6, 6.07) is 5.53. The number of nitrogens with one attached hydrogen (secondary N) is 1. The largest absolute Gasteiger partial charge is 0.384 e. The lowest BCUT2D eigenvalue weighted by atomic mass is 10.1. The highest BCUT2D eigenvalue weighted by Gasteiger charge is 2.14. The van der Waals surface area contributed by atoms with Gasteiger partial charge in [-0.2, -0.15) is 5.10 Å². The number of carbonyl (C=O) groups is 1. The summed E-state index contributed by atoms with van der Waals surface area (Å²) in [6.45, 7) is 4.00. The van der Waals surface area contributed by atoms with Gasteiger partial charge < -0.3 is 11.1 Å². The van der Waals surface area contributed by atoms with Crippen molar-refractivity contribution in [1.82, 2.24) is 20.1 Å². The van der Waals surface area contributed by atoms with Gasteiger partial charge in [-0.15, -0.1) is 0 Å². The number of carbonyl (C=O) groups excluding carboxylic acids is 1. The van der Waals surface area contributed by atoms with Crippen molar-refractivity contribution in [2.45, 2.75) is 32.9 Å². The second-order valence-corrected chi connectivity index (χ2v) is 4.68. The van der Waals surface area contributed by atoms with E-state index in [9.17, 15) is 4.79 Å². The quantitative estimate of drug-likeness (QED) is 0.863. The molecule has 6 nitrogen and oxygen atoms in total. The zero-order valence-corrected chi connectivity index (χ0v) is 11.7. The number of nitrogen functional groups attached to an aromatic ring is 1. The van der Waals surface area contributed by atoms with E-state index in [1.54, 1.807) is 18.5 Å². The minimum Gasteiger partial charge on any atom is -0.384 e. The van der Waals surface area contributed by atoms with Gasteiger partial charge in [0, 0.05) is 18.5 Å². The van der Waals surface area contributed by atoms with Crippen LogP contribution < -0.4 is 11.1 Å². The summed E-state index contributed by atoms with van der Waals surface area (Å²) in [4.78, 5) is 16.1. The normalized spacial score (nSPS) is 12.1. The average Bonchev–Trinajstić information content (AvgIpc) is 2.75. The summed E-state index contributed by atoms with van der Waals surface area (Å²) in [5.74, 6) is 0.387. The summed E-state index contributed by atoms with van der Waals surface area (Å²) in [5.41, 5.74) is 7.62. The summed E-state index contributed by atoms with van der Waals surface area (Å²) in [5, 5.41) is 7.16. The maximum absolute atomic E-state index is 12.1. The molecule has 2 aromatic rings. The molecule has 0 saturated carbocycles. The third-order valence-corrected chi connectivity index (χ3v) is 3.08. The third kappa shape index (κ3) is 3.34. The van der Waals surface area contributed by atoms with Gasteiger partial charge in [-0.1, -0.05) is 6.92 Å². The first-order chi connectivity index (χ1) is 9.60. The van der Waals surface area contributed by atoms with Gasteiger partial charge in [-0.25, -0.2) is 4.68 Å². The van der Waals surface area contributed by atoms with Crippen LogP contribution in [0.3, 0.4) is 0 Å². The van der Waals surface area contributed by atoms with E-state index in [0.717, 1.165) is 17.7 Å². The molecule has 2 rings (SSSR count). The van der Waals surface area contributed by atoms with E-state index < -0.39 is 0 Å². The fraction of sp³-hybridized carbons (Fsp3) is 0.357. The molecule has 106 valence electrons. The molecule has 0 spiro atoms. The SMILES string of the molecule is CC[C@@H](NC(=O)Cn1nc(C)cc1N)c1ccncc1. The van der Waals surface area contributed by atoms with Gasteiger partial charge >= 0.3 is 0 Å². The van der Waals surface area contributed by atoms with E-state index in [2.05, 4.69) is 15.4 Å². The molecular weight excluding hydrogens is 254 g/mol. The smallest absolute Gasteiger partial charge is 0.242 e. The van der Waals surface area contributed by atoms with Crippen molar-refractivity contribution in [2.75, 3.05) is 5.73 Å². The second kappa shape index (κ2) is 6.18. The van der Waals surface area contributed by atoms with Gasteiger partial charge in [0.1, 0.15) is 12.4 Å². The number of amides is 1. The molecule has 6 heteroatoms. The number of pyridine rings is 1. The van der Waals surface area contributed by atoms with Crippen LogP contribution in [0.4, 0.5) is 5.82 Å². The van der Waals surface area contributed by atoms with Crippen molar-refractivity contribution >= 4 is 11.7 Å². The Balaban J connectivity index is 2.01. The topological polar surface area (TPSA) is 85.8 Å². The van der Waals surface area contributed by atoms with Crippen LogP contribution in [0.1, 0.15) is 30.6 Å². The van der Waals surface area contributed by atoms with Gasteiger partial charge in [0.2, 0.25) is 5.91 Å². The van der Waals surface area contributed by atoms with Crippen LogP contribution in [0.2, 0.25) is 0 Å². The van der Waals surface area contributed by atoms with Crippen molar-refractivity contribution in [2.24, 2.45) is 0 Å². The maximum Gasteiger partial charge on any atom is 0.242 e. The monoisotopic (exact) mass is 273 g/mol. The number of hydrogen-bond donors (Lipinski definition) is 2. The number of aryl methyl sites for hydroxylation is 1. The molecule has 0 aliphatic carbocycles. The molecule has 0 aliphatic heterocycles. The van der Waals surface area contributed by atoms with Crippen molar-refractivity contribution < 1.29 is 4.79 Å². The number of nitrogens with zero attached hydrogens (tertiary/aromatic N) is 3. The maximum atomic E-state index is 12.1. The van der Waals surface area contributed by atoms with E-state index >= 15 is 0 Å². The fourth-order valence-electron chi connectivity index (χ4n) is 2.09. The Morgan fingerprint density at radius 2 is 2.15 bits per heavy atom. The summed E-state index contributed by atoms with van der Waals surface area (Å²) >= 11 is 0. The Morgan fingerprint density at radius 3 is 2.70 bits per heavy atom. The molecule has 1 amide bonds. The highest BCUT2D eigenvalue weighted by molar-refractivity contribution is 5.76. The van der Waals surface area contributed by atoms with E-state index in [-0.39, 0.29) is 18.5 Å². The summed E-state index contributed by atoms with van der Waals surface area (Å²) in [6.07, 6.45) is 4.25. The fourth-order valence-corrected chi connectivity index (χ4v) is 2.09. The molecule has 0 aliphatic rings. The molecule has 0 radical (unpaired) electrons. The van der Waals surface area contributed by atoms with Crippen LogP contribution in [0.5, 0.6) is 0 Å². The number of hydrogen-bond acceptors (Lipinski definition) is 4. The first kappa shape index (κ1) is 14.0. The molecular formula is C14H19N5O. The van der Waals surface area contributed by atoms with Gasteiger partial charge in [0.25, 0.3) is 0 Å². The average molecular weight is 273 g/mol. The minimum absolute atomic E-state index is 0.0246. The highest BCUT2D eigenvalue weighted by Crippen LogP contribution is 2.15. The minimum atomic E-state index is -0.108. The molecule has 2 heterocycles. The molecule has 3 N–H and O–H groups in total. The molecule has 0 aromatic carbocycles. The summed E-state index contributed by atoms with van der Waals surface area (Å²) < 4.78 is 1.50. The molecule has 0 unspecified atom stereocenters. The Hall–Kier alpha value is -2.37. The molecule has 20 heavy (non-hydrogen) atoms. The molecule has 2 aromatic heterocycles. The lowest BCUT2D eigenvalue weighted by Crippen LogP contribution is -2.32. The molecule has 1 atom stereocenters. The first-order valence-electron chi connectivity index (χ1n) is 6.59. The van der Waals surface area contributed by atoms with Crippen LogP contribution in [0.15, 0.2) is 30.6 Å². The molecule has 0 fully saturated rings. The Bertz CT molecular complexity index is 579. The van der Waals surface area contributed by atoms with Crippen molar-refractivity contribution in [1.29, 1.82) is 0 Å². The van der Waals surface area contributed by atoms with E-state index in [1.165, 1.54) is 4.68 Å². The standard InChI is InChI=1S/C14H19N5O/c1-3-12(11-4-6-16-7-5-11)17-14(20)9-19-13(15)8-10(2)18-19/h4-8,12H,3,9,15H2,1-2H3,(H,17,20)/t12-/m1/s1. The molecule has 0 bridgehead atoms.